The second-order valence-electron chi connectivity index (χ2n) is 7.26. The summed E-state index contributed by atoms with van der Waals surface area (Å²) in [6, 6.07) is 4.46. The molecule has 2 heterocycles. The van der Waals surface area contributed by atoms with Gasteiger partial charge in [-0.1, -0.05) is 0 Å². The number of ether oxygens (including phenoxy) is 2. The molecule has 0 saturated carbocycles. The van der Waals surface area contributed by atoms with Crippen molar-refractivity contribution in [1.82, 2.24) is 10.2 Å². The maximum absolute atomic E-state index is 13.1. The SMILES string of the molecule is CCS(=O)(=O)Nc1ccc2c(c1)C(=O)N(C)[C@@H]1CC[C@@H](CC(=O)NC)O[C@@H]1CO2. The van der Waals surface area contributed by atoms with E-state index in [0.29, 0.717) is 29.8 Å². The van der Waals surface area contributed by atoms with Gasteiger partial charge in [0.05, 0.1) is 29.9 Å². The number of rotatable bonds is 5. The summed E-state index contributed by atoms with van der Waals surface area (Å²) in [5, 5.41) is 2.60. The van der Waals surface area contributed by atoms with Crippen LogP contribution in [-0.2, 0) is 19.6 Å². The number of anilines is 1. The number of carbonyl (C=O) groups excluding carboxylic acids is 2. The van der Waals surface area contributed by atoms with E-state index < -0.39 is 10.0 Å². The first kappa shape index (κ1) is 21.4. The molecule has 9 nitrogen and oxygen atoms in total. The highest BCUT2D eigenvalue weighted by molar-refractivity contribution is 7.92. The van der Waals surface area contributed by atoms with Crippen molar-refractivity contribution in [2.45, 2.75) is 44.4 Å². The zero-order valence-corrected chi connectivity index (χ0v) is 17.6. The Kier molecular flexibility index (Phi) is 6.33. The molecule has 0 unspecified atom stereocenters. The molecule has 0 aromatic heterocycles. The molecule has 0 radical (unpaired) electrons. The van der Waals surface area contributed by atoms with Gasteiger partial charge in [-0.2, -0.15) is 0 Å². The molecule has 1 aromatic rings. The molecule has 0 aliphatic carbocycles. The third-order valence-corrected chi connectivity index (χ3v) is 6.66. The minimum absolute atomic E-state index is 0.0628. The predicted molar refractivity (Wildman–Crippen MR) is 107 cm³/mol. The zero-order chi connectivity index (χ0) is 21.2. The van der Waals surface area contributed by atoms with Gasteiger partial charge >= 0.3 is 0 Å². The second-order valence-corrected chi connectivity index (χ2v) is 9.27. The van der Waals surface area contributed by atoms with E-state index in [1.165, 1.54) is 6.07 Å². The van der Waals surface area contributed by atoms with Gasteiger partial charge in [0.1, 0.15) is 18.5 Å². The number of hydrogen-bond acceptors (Lipinski definition) is 6. The number of benzene rings is 1. The molecule has 1 aromatic carbocycles. The predicted octanol–water partition coefficient (Wildman–Crippen LogP) is 0.965. The fraction of sp³-hybridized carbons (Fsp3) is 0.579. The van der Waals surface area contributed by atoms with Crippen LogP contribution in [0.4, 0.5) is 5.69 Å². The first-order valence-corrected chi connectivity index (χ1v) is 11.3. The quantitative estimate of drug-likeness (QED) is 0.727. The van der Waals surface area contributed by atoms with Crippen LogP contribution < -0.4 is 14.8 Å². The highest BCUT2D eigenvalue weighted by atomic mass is 32.2. The van der Waals surface area contributed by atoms with Gasteiger partial charge in [-0.15, -0.1) is 0 Å². The van der Waals surface area contributed by atoms with E-state index in [1.54, 1.807) is 38.1 Å². The maximum atomic E-state index is 13.1. The summed E-state index contributed by atoms with van der Waals surface area (Å²) >= 11 is 0. The number of likely N-dealkylation sites (N-methyl/N-ethyl adjacent to an activating group) is 1. The Balaban J connectivity index is 1.82. The van der Waals surface area contributed by atoms with Crippen molar-refractivity contribution in [1.29, 1.82) is 0 Å². The van der Waals surface area contributed by atoms with E-state index in [1.807, 2.05) is 0 Å². The highest BCUT2D eigenvalue weighted by Crippen LogP contribution is 2.32. The van der Waals surface area contributed by atoms with Gasteiger partial charge in [0.15, 0.2) is 0 Å². The van der Waals surface area contributed by atoms with Gasteiger partial charge < -0.3 is 19.7 Å². The van der Waals surface area contributed by atoms with Crippen LogP contribution in [-0.4, -0.2) is 69.8 Å². The van der Waals surface area contributed by atoms with Crippen LogP contribution in [0.5, 0.6) is 5.75 Å². The minimum atomic E-state index is -3.45. The van der Waals surface area contributed by atoms with E-state index >= 15 is 0 Å². The van der Waals surface area contributed by atoms with Crippen molar-refractivity contribution in [2.24, 2.45) is 0 Å². The third-order valence-electron chi connectivity index (χ3n) is 5.36. The number of hydrogen-bond donors (Lipinski definition) is 2. The summed E-state index contributed by atoms with van der Waals surface area (Å²) in [4.78, 5) is 26.4. The Hall–Kier alpha value is -2.33. The summed E-state index contributed by atoms with van der Waals surface area (Å²) < 4.78 is 38.1. The molecule has 1 fully saturated rings. The highest BCUT2D eigenvalue weighted by Gasteiger charge is 2.39. The smallest absolute Gasteiger partial charge is 0.257 e. The number of nitrogens with zero attached hydrogens (tertiary/aromatic N) is 1. The average molecular weight is 426 g/mol. The monoisotopic (exact) mass is 425 g/mol. The number of sulfonamides is 1. The molecule has 0 bridgehead atoms. The van der Waals surface area contributed by atoms with Crippen molar-refractivity contribution in [2.75, 3.05) is 31.2 Å². The Morgan fingerprint density at radius 1 is 1.31 bits per heavy atom. The first-order valence-electron chi connectivity index (χ1n) is 9.64. The lowest BCUT2D eigenvalue weighted by atomic mass is 9.94. The molecule has 1 saturated heterocycles. The minimum Gasteiger partial charge on any atom is -0.490 e. The van der Waals surface area contributed by atoms with Gasteiger partial charge in [0.25, 0.3) is 5.91 Å². The number of fused-ring (bicyclic) bond motifs is 2. The number of amides is 2. The van der Waals surface area contributed by atoms with Crippen LogP contribution in [0, 0.1) is 0 Å². The number of nitrogens with one attached hydrogen (secondary N) is 2. The summed E-state index contributed by atoms with van der Waals surface area (Å²) in [6.07, 6.45) is 1.06. The van der Waals surface area contributed by atoms with E-state index in [0.717, 1.165) is 0 Å². The Labute approximate surface area is 170 Å². The fourth-order valence-corrected chi connectivity index (χ4v) is 4.28. The fourth-order valence-electron chi connectivity index (χ4n) is 3.65. The summed E-state index contributed by atoms with van der Waals surface area (Å²) in [6.45, 7) is 1.78. The summed E-state index contributed by atoms with van der Waals surface area (Å²) in [5.74, 6) is -0.0401. The van der Waals surface area contributed by atoms with Crippen molar-refractivity contribution in [3.63, 3.8) is 0 Å². The van der Waals surface area contributed by atoms with Crippen molar-refractivity contribution in [3.8, 4) is 5.75 Å². The van der Waals surface area contributed by atoms with Crippen molar-refractivity contribution >= 4 is 27.5 Å². The second kappa shape index (κ2) is 8.58. The van der Waals surface area contributed by atoms with E-state index in [4.69, 9.17) is 9.47 Å². The molecule has 3 rings (SSSR count). The van der Waals surface area contributed by atoms with Gasteiger partial charge in [-0.05, 0) is 38.0 Å². The Bertz CT molecular complexity index is 888. The first-order chi connectivity index (χ1) is 13.7. The van der Waals surface area contributed by atoms with Crippen LogP contribution in [0.1, 0.15) is 36.5 Å². The lowest BCUT2D eigenvalue weighted by Crippen LogP contribution is -2.53. The molecule has 2 aliphatic rings. The molecule has 3 atom stereocenters. The van der Waals surface area contributed by atoms with Crippen LogP contribution in [0.15, 0.2) is 18.2 Å². The lowest BCUT2D eigenvalue weighted by molar-refractivity contribution is -0.133. The lowest BCUT2D eigenvalue weighted by Gasteiger charge is -2.42. The third kappa shape index (κ3) is 4.81. The van der Waals surface area contributed by atoms with Crippen molar-refractivity contribution in [3.05, 3.63) is 23.8 Å². The molecule has 2 N–H and O–H groups in total. The van der Waals surface area contributed by atoms with Gasteiger partial charge in [-0.3, -0.25) is 14.3 Å². The van der Waals surface area contributed by atoms with Crippen LogP contribution in [0.3, 0.4) is 0 Å². The molecule has 10 heteroatoms. The molecular weight excluding hydrogens is 398 g/mol. The van der Waals surface area contributed by atoms with Gasteiger partial charge in [0.2, 0.25) is 15.9 Å². The normalized spacial score (nSPS) is 24.4. The van der Waals surface area contributed by atoms with Crippen LogP contribution in [0.2, 0.25) is 0 Å². The molecule has 160 valence electrons. The molecule has 0 spiro atoms. The Morgan fingerprint density at radius 3 is 2.76 bits per heavy atom. The molecule has 2 amide bonds. The maximum Gasteiger partial charge on any atom is 0.257 e. The van der Waals surface area contributed by atoms with Gasteiger partial charge in [0, 0.05) is 19.8 Å². The summed E-state index contributed by atoms with van der Waals surface area (Å²) in [5.41, 5.74) is 0.619. The molecule has 2 aliphatic heterocycles. The largest absolute Gasteiger partial charge is 0.490 e. The van der Waals surface area contributed by atoms with Crippen LogP contribution >= 0.6 is 0 Å². The molecule has 29 heavy (non-hydrogen) atoms. The van der Waals surface area contributed by atoms with E-state index in [-0.39, 0.29) is 48.8 Å². The standard InChI is InChI=1S/C19H27N3O6S/c1-4-29(25,26)21-12-5-8-16-14(9-12)19(24)22(3)15-7-6-13(10-18(23)20-2)28-17(15)11-27-16/h5,8-9,13,15,17,21H,4,6-7,10-11H2,1-3H3,(H,20,23)/t13-,15+,17+/m0/s1. The van der Waals surface area contributed by atoms with E-state index in [2.05, 4.69) is 10.0 Å². The zero-order valence-electron chi connectivity index (χ0n) is 16.8. The summed E-state index contributed by atoms with van der Waals surface area (Å²) in [7, 11) is -0.155. The molecular formula is C19H27N3O6S. The van der Waals surface area contributed by atoms with Gasteiger partial charge in [-0.25, -0.2) is 8.42 Å². The van der Waals surface area contributed by atoms with Crippen molar-refractivity contribution < 1.29 is 27.5 Å². The topological polar surface area (TPSA) is 114 Å². The average Bonchev–Trinajstić information content (AvgIpc) is 2.70. The van der Waals surface area contributed by atoms with Crippen LogP contribution in [0.25, 0.3) is 0 Å². The Morgan fingerprint density at radius 2 is 2.07 bits per heavy atom. The number of carbonyl (C=O) groups is 2. The van der Waals surface area contributed by atoms with E-state index in [9.17, 15) is 18.0 Å².